The van der Waals surface area contributed by atoms with Gasteiger partial charge in [0.2, 0.25) is 5.90 Å². The molecule has 35 heavy (non-hydrogen) atoms. The van der Waals surface area contributed by atoms with Crippen molar-refractivity contribution in [2.24, 2.45) is 4.99 Å². The Balaban J connectivity index is 1.58. The van der Waals surface area contributed by atoms with Crippen LogP contribution in [0.1, 0.15) is 23.1 Å². The highest BCUT2D eigenvalue weighted by atomic mass is 79.9. The van der Waals surface area contributed by atoms with E-state index >= 15 is 0 Å². The summed E-state index contributed by atoms with van der Waals surface area (Å²) >= 11 is 3.56. The second-order valence-electron chi connectivity index (χ2n) is 8.23. The summed E-state index contributed by atoms with van der Waals surface area (Å²) in [5.41, 5.74) is 0.822. The molecule has 4 rings (SSSR count). The first-order valence-electron chi connectivity index (χ1n) is 11.3. The molecule has 1 amide bonds. The van der Waals surface area contributed by atoms with Gasteiger partial charge in [-0.2, -0.15) is 0 Å². The van der Waals surface area contributed by atoms with Crippen molar-refractivity contribution in [2.75, 3.05) is 19.8 Å². The minimum Gasteiger partial charge on any atom is -0.494 e. The summed E-state index contributed by atoms with van der Waals surface area (Å²) in [4.78, 5) is 18.2. The quantitative estimate of drug-likeness (QED) is 0.373. The second-order valence-corrected chi connectivity index (χ2v) is 9.08. The van der Waals surface area contributed by atoms with E-state index in [1.54, 1.807) is 30.3 Å². The molecule has 0 spiro atoms. The summed E-state index contributed by atoms with van der Waals surface area (Å²) in [6.45, 7) is 0.599. The number of rotatable bonds is 10. The van der Waals surface area contributed by atoms with E-state index in [1.807, 2.05) is 36.4 Å². The van der Waals surface area contributed by atoms with Crippen LogP contribution in [0.2, 0.25) is 0 Å². The molecule has 0 aromatic heterocycles. The smallest absolute Gasteiger partial charge is 0.252 e. The fraction of sp³-hybridized carbons (Fsp3) is 0.259. The third-order valence-corrected chi connectivity index (χ3v) is 6.47. The molecule has 2 N–H and O–H groups in total. The Bertz CT molecular complexity index is 1200. The lowest BCUT2D eigenvalue weighted by molar-refractivity contribution is -0.126. The van der Waals surface area contributed by atoms with E-state index in [-0.39, 0.29) is 31.5 Å². The van der Waals surface area contributed by atoms with Gasteiger partial charge in [-0.15, -0.1) is 0 Å². The fourth-order valence-corrected chi connectivity index (χ4v) is 4.19. The number of nitrogens with one attached hydrogen (secondary N) is 1. The lowest BCUT2D eigenvalue weighted by atomic mass is 9.91. The SMILES string of the molecule is O=C(NCc1ccccc1F)[C@@]1(Cc2ccccc2Br)COC(c2ccc(OCCCO)cc2)=N1. The van der Waals surface area contributed by atoms with Crippen molar-refractivity contribution in [1.82, 2.24) is 5.32 Å². The Labute approximate surface area is 211 Å². The highest BCUT2D eigenvalue weighted by Crippen LogP contribution is 2.30. The topological polar surface area (TPSA) is 80.2 Å². The van der Waals surface area contributed by atoms with Crippen LogP contribution in [0.25, 0.3) is 0 Å². The van der Waals surface area contributed by atoms with Gasteiger partial charge in [-0.3, -0.25) is 4.79 Å². The molecule has 3 aromatic rings. The van der Waals surface area contributed by atoms with Gasteiger partial charge >= 0.3 is 0 Å². The Kier molecular flexibility index (Phi) is 8.15. The van der Waals surface area contributed by atoms with Gasteiger partial charge in [-0.05, 0) is 42.0 Å². The van der Waals surface area contributed by atoms with Crippen LogP contribution in [0, 0.1) is 5.82 Å². The molecule has 6 nitrogen and oxygen atoms in total. The molecule has 0 unspecified atom stereocenters. The Morgan fingerprint density at radius 1 is 1.09 bits per heavy atom. The number of ether oxygens (including phenoxy) is 2. The summed E-state index contributed by atoms with van der Waals surface area (Å²) < 4.78 is 26.5. The molecule has 0 saturated carbocycles. The number of amides is 1. The minimum absolute atomic E-state index is 0.0495. The maximum absolute atomic E-state index is 14.1. The van der Waals surface area contributed by atoms with E-state index in [1.165, 1.54) is 6.07 Å². The van der Waals surface area contributed by atoms with Crippen LogP contribution in [-0.2, 0) is 22.5 Å². The average Bonchev–Trinajstić information content (AvgIpc) is 3.31. The van der Waals surface area contributed by atoms with E-state index < -0.39 is 5.54 Å². The highest BCUT2D eigenvalue weighted by Gasteiger charge is 2.44. The molecule has 3 aromatic carbocycles. The summed E-state index contributed by atoms with van der Waals surface area (Å²) in [5, 5.41) is 11.7. The van der Waals surface area contributed by atoms with Crippen LogP contribution in [0.5, 0.6) is 5.75 Å². The van der Waals surface area contributed by atoms with Crippen LogP contribution in [-0.4, -0.2) is 42.3 Å². The molecule has 1 aliphatic rings. The second kappa shape index (κ2) is 11.5. The highest BCUT2D eigenvalue weighted by molar-refractivity contribution is 9.10. The van der Waals surface area contributed by atoms with Crippen LogP contribution in [0.4, 0.5) is 4.39 Å². The summed E-state index contributed by atoms with van der Waals surface area (Å²) in [6, 6.07) is 21.2. The van der Waals surface area contributed by atoms with E-state index in [2.05, 4.69) is 21.2 Å². The number of carbonyl (C=O) groups is 1. The average molecular weight is 541 g/mol. The van der Waals surface area contributed by atoms with E-state index in [4.69, 9.17) is 19.6 Å². The van der Waals surface area contributed by atoms with Crippen molar-refractivity contribution in [3.8, 4) is 5.75 Å². The lowest BCUT2D eigenvalue weighted by Crippen LogP contribution is -2.48. The van der Waals surface area contributed by atoms with Gasteiger partial charge in [0.25, 0.3) is 5.91 Å². The number of nitrogens with zero attached hydrogens (tertiary/aromatic N) is 1. The first-order chi connectivity index (χ1) is 17.0. The molecule has 0 aliphatic carbocycles. The molecular formula is C27H26BrFN2O4. The third-order valence-electron chi connectivity index (χ3n) is 5.70. The zero-order valence-electron chi connectivity index (χ0n) is 19.0. The van der Waals surface area contributed by atoms with Gasteiger partial charge in [0.1, 0.15) is 18.2 Å². The number of aliphatic hydroxyl groups is 1. The van der Waals surface area contributed by atoms with Gasteiger partial charge < -0.3 is 19.9 Å². The van der Waals surface area contributed by atoms with Crippen molar-refractivity contribution in [3.63, 3.8) is 0 Å². The van der Waals surface area contributed by atoms with Crippen molar-refractivity contribution in [1.29, 1.82) is 0 Å². The Morgan fingerprint density at radius 2 is 1.80 bits per heavy atom. The number of carbonyl (C=O) groups excluding carboxylic acids is 1. The number of aliphatic imine (C=N–C) groups is 1. The van der Waals surface area contributed by atoms with Gasteiger partial charge in [0, 0.05) is 41.6 Å². The number of hydrogen-bond acceptors (Lipinski definition) is 5. The zero-order chi connectivity index (χ0) is 24.7. The monoisotopic (exact) mass is 540 g/mol. The van der Waals surface area contributed by atoms with Gasteiger partial charge in [0.05, 0.1) is 6.61 Å². The zero-order valence-corrected chi connectivity index (χ0v) is 20.6. The summed E-state index contributed by atoms with van der Waals surface area (Å²) in [7, 11) is 0. The molecular weight excluding hydrogens is 515 g/mol. The summed E-state index contributed by atoms with van der Waals surface area (Å²) in [5.74, 6) is 0.319. The first-order valence-corrected chi connectivity index (χ1v) is 12.1. The number of benzene rings is 3. The normalized spacial score (nSPS) is 16.9. The third kappa shape index (κ3) is 6.07. The molecule has 0 saturated heterocycles. The van der Waals surface area contributed by atoms with E-state index in [0.29, 0.717) is 36.7 Å². The van der Waals surface area contributed by atoms with Crippen LogP contribution >= 0.6 is 15.9 Å². The van der Waals surface area contributed by atoms with Crippen molar-refractivity contribution >= 4 is 27.7 Å². The van der Waals surface area contributed by atoms with Crippen molar-refractivity contribution in [2.45, 2.75) is 24.9 Å². The molecule has 8 heteroatoms. The molecule has 0 bridgehead atoms. The van der Waals surface area contributed by atoms with Gasteiger partial charge in [-0.25, -0.2) is 9.38 Å². The molecule has 0 fully saturated rings. The largest absolute Gasteiger partial charge is 0.494 e. The number of hydrogen-bond donors (Lipinski definition) is 2. The molecule has 1 aliphatic heterocycles. The molecule has 1 atom stereocenters. The summed E-state index contributed by atoms with van der Waals surface area (Å²) in [6.07, 6.45) is 0.862. The van der Waals surface area contributed by atoms with E-state index in [9.17, 15) is 9.18 Å². The number of halogens is 2. The van der Waals surface area contributed by atoms with Gasteiger partial charge in [-0.1, -0.05) is 52.3 Å². The fourth-order valence-electron chi connectivity index (χ4n) is 3.77. The first kappa shape index (κ1) is 24.9. The lowest BCUT2D eigenvalue weighted by Gasteiger charge is -2.24. The predicted octanol–water partition coefficient (Wildman–Crippen LogP) is 4.42. The van der Waals surface area contributed by atoms with E-state index in [0.717, 1.165) is 15.6 Å². The predicted molar refractivity (Wildman–Crippen MR) is 135 cm³/mol. The molecule has 182 valence electrons. The maximum atomic E-state index is 14.1. The van der Waals surface area contributed by atoms with Crippen LogP contribution in [0.3, 0.4) is 0 Å². The molecule has 1 heterocycles. The Hall–Kier alpha value is -3.23. The van der Waals surface area contributed by atoms with Crippen LogP contribution < -0.4 is 10.1 Å². The van der Waals surface area contributed by atoms with Gasteiger partial charge in [0.15, 0.2) is 5.54 Å². The van der Waals surface area contributed by atoms with Crippen LogP contribution in [0.15, 0.2) is 82.3 Å². The molecule has 0 radical (unpaired) electrons. The Morgan fingerprint density at radius 3 is 2.51 bits per heavy atom. The standard InChI is InChI=1S/C27H26BrFN2O4/c28-23-8-3-1-6-20(23)16-27(26(33)30-17-21-7-2-4-9-24(21)29)18-35-25(31-27)19-10-12-22(13-11-19)34-15-5-14-32/h1-4,6-13,32H,5,14-18H2,(H,30,33)/t27-/m1/s1. The van der Waals surface area contributed by atoms with Crippen molar-refractivity contribution in [3.05, 3.63) is 99.8 Å². The number of aliphatic hydroxyl groups excluding tert-OH is 1. The maximum Gasteiger partial charge on any atom is 0.252 e. The minimum atomic E-state index is -1.21. The van der Waals surface area contributed by atoms with Crippen molar-refractivity contribution < 1.29 is 23.8 Å².